The maximum absolute atomic E-state index is 13.1. The molecule has 3 aromatic carbocycles. The largest absolute Gasteiger partial charge is 0.497 e. The van der Waals surface area contributed by atoms with E-state index in [9.17, 15) is 9.59 Å². The number of thioether (sulfide) groups is 1. The summed E-state index contributed by atoms with van der Waals surface area (Å²) in [6.45, 7) is 1.68. The van der Waals surface area contributed by atoms with Crippen LogP contribution in [0, 0.1) is 6.92 Å². The average molecular weight is 525 g/mol. The minimum absolute atomic E-state index is 0.205. The number of amides is 2. The fourth-order valence-corrected chi connectivity index (χ4v) is 4.78. The molecule has 1 fully saturated rings. The van der Waals surface area contributed by atoms with Gasteiger partial charge in [0.1, 0.15) is 11.5 Å². The van der Waals surface area contributed by atoms with Crippen LogP contribution in [0.4, 0.5) is 11.4 Å². The Morgan fingerprint density at radius 1 is 1.14 bits per heavy atom. The Morgan fingerprint density at radius 3 is 2.60 bits per heavy atom. The highest BCUT2D eigenvalue weighted by atomic mass is 35.5. The van der Waals surface area contributed by atoms with Crippen LogP contribution >= 0.6 is 35.6 Å². The number of carbonyl (C=O) groups excluding carboxylic acids is 2. The highest BCUT2D eigenvalue weighted by Crippen LogP contribution is 2.37. The van der Waals surface area contributed by atoms with Gasteiger partial charge in [-0.3, -0.25) is 14.5 Å². The van der Waals surface area contributed by atoms with E-state index in [1.807, 2.05) is 25.1 Å². The number of para-hydroxylation sites is 1. The number of nitrogens with zero attached hydrogens (tertiary/aromatic N) is 1. The molecule has 0 aromatic heterocycles. The second-order valence-electron chi connectivity index (χ2n) is 7.55. The number of carbonyl (C=O) groups is 2. The molecule has 0 aliphatic carbocycles. The first kappa shape index (κ1) is 24.8. The molecule has 1 N–H and O–H groups in total. The van der Waals surface area contributed by atoms with E-state index in [2.05, 4.69) is 5.32 Å². The fourth-order valence-electron chi connectivity index (χ4n) is 3.31. The molecule has 9 heteroatoms. The number of ether oxygens (including phenoxy) is 2. The van der Waals surface area contributed by atoms with E-state index >= 15 is 0 Å². The number of aryl methyl sites for hydroxylation is 1. The van der Waals surface area contributed by atoms with E-state index < -0.39 is 0 Å². The zero-order valence-electron chi connectivity index (χ0n) is 18.9. The zero-order valence-corrected chi connectivity index (χ0v) is 21.3. The van der Waals surface area contributed by atoms with Crippen molar-refractivity contribution in [3.05, 3.63) is 87.8 Å². The third-order valence-corrected chi connectivity index (χ3v) is 6.85. The third kappa shape index (κ3) is 5.85. The molecule has 1 heterocycles. The first-order valence-electron chi connectivity index (χ1n) is 10.6. The lowest BCUT2D eigenvalue weighted by molar-refractivity contribution is -0.118. The number of hydrogen-bond acceptors (Lipinski definition) is 6. The molecule has 0 atom stereocenters. The Balaban J connectivity index is 1.47. The summed E-state index contributed by atoms with van der Waals surface area (Å²) in [4.78, 5) is 27.4. The fraction of sp³-hybridized carbons (Fsp3) is 0.115. The van der Waals surface area contributed by atoms with E-state index in [0.717, 1.165) is 5.56 Å². The highest BCUT2D eigenvalue weighted by molar-refractivity contribution is 8.27. The summed E-state index contributed by atoms with van der Waals surface area (Å²) in [7, 11) is 1.58. The van der Waals surface area contributed by atoms with Crippen LogP contribution in [0.2, 0.25) is 5.02 Å². The molecule has 0 radical (unpaired) electrons. The monoisotopic (exact) mass is 524 g/mol. The molecule has 1 aliphatic heterocycles. The van der Waals surface area contributed by atoms with Crippen LogP contribution in [0.5, 0.6) is 11.5 Å². The minimum Gasteiger partial charge on any atom is -0.497 e. The number of halogens is 1. The van der Waals surface area contributed by atoms with Gasteiger partial charge in [-0.05, 0) is 61.0 Å². The summed E-state index contributed by atoms with van der Waals surface area (Å²) in [5, 5.41) is 3.33. The molecule has 0 bridgehead atoms. The second kappa shape index (κ2) is 10.9. The Labute approximate surface area is 217 Å². The van der Waals surface area contributed by atoms with Crippen molar-refractivity contribution in [2.24, 2.45) is 0 Å². The maximum Gasteiger partial charge on any atom is 0.270 e. The molecular formula is C26H21ClN2O4S2. The summed E-state index contributed by atoms with van der Waals surface area (Å²) >= 11 is 12.8. The van der Waals surface area contributed by atoms with Crippen LogP contribution in [-0.4, -0.2) is 29.9 Å². The molecule has 35 heavy (non-hydrogen) atoms. The van der Waals surface area contributed by atoms with Gasteiger partial charge in [0.2, 0.25) is 0 Å². The van der Waals surface area contributed by atoms with Crippen molar-refractivity contribution in [2.45, 2.75) is 6.92 Å². The normalized spacial score (nSPS) is 14.4. The molecule has 1 aliphatic rings. The van der Waals surface area contributed by atoms with Crippen LogP contribution < -0.4 is 19.7 Å². The predicted octanol–water partition coefficient (Wildman–Crippen LogP) is 6.08. The third-order valence-electron chi connectivity index (χ3n) is 5.14. The molecule has 0 unspecified atom stereocenters. The molecule has 178 valence electrons. The summed E-state index contributed by atoms with van der Waals surface area (Å²) in [5.74, 6) is 0.606. The van der Waals surface area contributed by atoms with Crippen LogP contribution in [0.15, 0.2) is 71.6 Å². The number of nitrogens with one attached hydrogen (secondary N) is 1. The minimum atomic E-state index is -0.328. The number of thiocarbonyl (C=S) groups is 1. The first-order chi connectivity index (χ1) is 16.9. The number of anilines is 2. The molecule has 0 saturated carbocycles. The topological polar surface area (TPSA) is 67.9 Å². The van der Waals surface area contributed by atoms with Crippen LogP contribution in [-0.2, 0) is 9.59 Å². The van der Waals surface area contributed by atoms with Gasteiger partial charge in [-0.25, -0.2) is 0 Å². The van der Waals surface area contributed by atoms with Crippen molar-refractivity contribution in [2.75, 3.05) is 23.9 Å². The lowest BCUT2D eigenvalue weighted by atomic mass is 10.2. The SMILES string of the molecule is COc1ccc(N2C(=O)/C(=C/c3ccccc3OCC(=O)Nc3ccc(C)c(Cl)c3)SC2=S)cc1. The molecule has 0 spiro atoms. The Bertz CT molecular complexity index is 1330. The zero-order chi connectivity index (χ0) is 24.9. The maximum atomic E-state index is 13.1. The Morgan fingerprint density at radius 2 is 1.89 bits per heavy atom. The molecule has 4 rings (SSSR count). The van der Waals surface area contributed by atoms with Gasteiger partial charge >= 0.3 is 0 Å². The van der Waals surface area contributed by atoms with Gasteiger partial charge in [-0.1, -0.05) is 59.8 Å². The first-order valence-corrected chi connectivity index (χ1v) is 12.2. The van der Waals surface area contributed by atoms with Gasteiger partial charge in [-0.2, -0.15) is 0 Å². The second-order valence-corrected chi connectivity index (χ2v) is 9.64. The van der Waals surface area contributed by atoms with Gasteiger partial charge in [0.05, 0.1) is 17.7 Å². The molecular weight excluding hydrogens is 504 g/mol. The summed E-state index contributed by atoms with van der Waals surface area (Å²) in [5.41, 5.74) is 2.83. The lowest BCUT2D eigenvalue weighted by Crippen LogP contribution is -2.27. The van der Waals surface area contributed by atoms with Crippen molar-refractivity contribution in [1.82, 2.24) is 0 Å². The van der Waals surface area contributed by atoms with Crippen molar-refractivity contribution in [1.29, 1.82) is 0 Å². The summed E-state index contributed by atoms with van der Waals surface area (Å²) < 4.78 is 11.4. The van der Waals surface area contributed by atoms with Crippen LogP contribution in [0.25, 0.3) is 6.08 Å². The quantitative estimate of drug-likeness (QED) is 0.298. The van der Waals surface area contributed by atoms with Crippen LogP contribution in [0.1, 0.15) is 11.1 Å². The molecule has 6 nitrogen and oxygen atoms in total. The number of benzene rings is 3. The van der Waals surface area contributed by atoms with Gasteiger partial charge in [0.25, 0.3) is 11.8 Å². The summed E-state index contributed by atoms with van der Waals surface area (Å²) in [6.07, 6.45) is 1.72. The molecule has 3 aromatic rings. The Hall–Kier alpha value is -3.33. The van der Waals surface area contributed by atoms with Crippen molar-refractivity contribution >= 4 is 69.2 Å². The highest BCUT2D eigenvalue weighted by Gasteiger charge is 2.33. The van der Waals surface area contributed by atoms with E-state index in [4.69, 9.17) is 33.3 Å². The average Bonchev–Trinajstić information content (AvgIpc) is 3.13. The number of hydrogen-bond donors (Lipinski definition) is 1. The summed E-state index contributed by atoms with van der Waals surface area (Å²) in [6, 6.07) is 19.6. The van der Waals surface area contributed by atoms with Crippen molar-refractivity contribution < 1.29 is 19.1 Å². The number of rotatable bonds is 7. The standard InChI is InChI=1S/C26H21ClN2O4S2/c1-16-7-8-18(14-21(16)27)28-24(30)15-33-22-6-4-3-5-17(22)13-23-25(31)29(26(34)35-23)19-9-11-20(32-2)12-10-19/h3-14H,15H2,1-2H3,(H,28,30)/b23-13-. The van der Waals surface area contributed by atoms with Crippen molar-refractivity contribution in [3.63, 3.8) is 0 Å². The van der Waals surface area contributed by atoms with Gasteiger partial charge < -0.3 is 14.8 Å². The van der Waals surface area contributed by atoms with E-state index in [1.165, 1.54) is 16.7 Å². The van der Waals surface area contributed by atoms with E-state index in [0.29, 0.717) is 42.7 Å². The van der Waals surface area contributed by atoms with E-state index in [1.54, 1.807) is 61.7 Å². The van der Waals surface area contributed by atoms with Gasteiger partial charge in [0.15, 0.2) is 10.9 Å². The van der Waals surface area contributed by atoms with Gasteiger partial charge in [-0.15, -0.1) is 0 Å². The lowest BCUT2D eigenvalue weighted by Gasteiger charge is -2.14. The smallest absolute Gasteiger partial charge is 0.270 e. The predicted molar refractivity (Wildman–Crippen MR) is 145 cm³/mol. The van der Waals surface area contributed by atoms with E-state index in [-0.39, 0.29) is 18.4 Å². The Kier molecular flexibility index (Phi) is 7.75. The van der Waals surface area contributed by atoms with Crippen molar-refractivity contribution in [3.8, 4) is 11.5 Å². The van der Waals surface area contributed by atoms with Gasteiger partial charge in [0, 0.05) is 16.3 Å². The molecule has 1 saturated heterocycles. The van der Waals surface area contributed by atoms with Crippen LogP contribution in [0.3, 0.4) is 0 Å². The number of methoxy groups -OCH3 is 1. The molecule has 2 amide bonds.